The van der Waals surface area contributed by atoms with Gasteiger partial charge in [-0.1, -0.05) is 42.5 Å². The lowest BCUT2D eigenvalue weighted by Gasteiger charge is -2.19. The van der Waals surface area contributed by atoms with Crippen LogP contribution in [-0.4, -0.2) is 5.88 Å². The quantitative estimate of drug-likeness (QED) is 0.605. The molecule has 19 heavy (non-hydrogen) atoms. The van der Waals surface area contributed by atoms with Crippen molar-refractivity contribution in [2.75, 3.05) is 10.8 Å². The Bertz CT molecular complexity index is 751. The molecule has 0 aliphatic carbocycles. The molecule has 0 unspecified atom stereocenters. The van der Waals surface area contributed by atoms with Gasteiger partial charge < -0.3 is 4.90 Å². The van der Waals surface area contributed by atoms with Crippen LogP contribution in [0.2, 0.25) is 0 Å². The van der Waals surface area contributed by atoms with Crippen molar-refractivity contribution in [2.24, 2.45) is 0 Å². The minimum Gasteiger partial charge on any atom is -0.330 e. The van der Waals surface area contributed by atoms with Gasteiger partial charge in [0.15, 0.2) is 0 Å². The van der Waals surface area contributed by atoms with Gasteiger partial charge in [0.2, 0.25) is 0 Å². The first-order valence-electron chi connectivity index (χ1n) is 6.40. The van der Waals surface area contributed by atoms with Crippen molar-refractivity contribution in [2.45, 2.75) is 4.90 Å². The van der Waals surface area contributed by atoms with Crippen molar-refractivity contribution >= 4 is 33.9 Å². The molecular formula is C17H13NS. The Hall–Kier alpha value is -1.93. The Morgan fingerprint density at radius 2 is 1.58 bits per heavy atom. The average molecular weight is 263 g/mol. The van der Waals surface area contributed by atoms with Gasteiger partial charge >= 0.3 is 0 Å². The van der Waals surface area contributed by atoms with Gasteiger partial charge in [0.1, 0.15) is 0 Å². The zero-order valence-corrected chi connectivity index (χ0v) is 11.2. The third-order valence-corrected chi connectivity index (χ3v) is 4.59. The van der Waals surface area contributed by atoms with Crippen LogP contribution in [0.15, 0.2) is 71.6 Å². The summed E-state index contributed by atoms with van der Waals surface area (Å²) in [6, 6.07) is 23.8. The summed E-state index contributed by atoms with van der Waals surface area (Å²) in [5.41, 5.74) is 2.60. The molecule has 92 valence electrons. The Balaban J connectivity index is 1.83. The summed E-state index contributed by atoms with van der Waals surface area (Å²) in [7, 11) is 0. The summed E-state index contributed by atoms with van der Waals surface area (Å²) in [5.74, 6) is 0.998. The molecule has 0 N–H and O–H groups in total. The van der Waals surface area contributed by atoms with E-state index < -0.39 is 0 Å². The van der Waals surface area contributed by atoms with Gasteiger partial charge in [0, 0.05) is 10.6 Å². The fourth-order valence-electron chi connectivity index (χ4n) is 2.56. The van der Waals surface area contributed by atoms with Gasteiger partial charge in [-0.3, -0.25) is 0 Å². The molecule has 4 rings (SSSR count). The Morgan fingerprint density at radius 3 is 2.53 bits per heavy atom. The lowest BCUT2D eigenvalue weighted by molar-refractivity contribution is 1.18. The second-order valence-electron chi connectivity index (χ2n) is 4.70. The van der Waals surface area contributed by atoms with E-state index in [1.807, 2.05) is 11.8 Å². The van der Waals surface area contributed by atoms with E-state index in [0.717, 1.165) is 5.88 Å². The number of rotatable bonds is 1. The second-order valence-corrected chi connectivity index (χ2v) is 5.69. The molecular weight excluding hydrogens is 250 g/mol. The summed E-state index contributed by atoms with van der Waals surface area (Å²) >= 11 is 1.90. The van der Waals surface area contributed by atoms with E-state index in [1.165, 1.54) is 27.0 Å². The molecule has 0 fully saturated rings. The van der Waals surface area contributed by atoms with Crippen LogP contribution in [0.1, 0.15) is 0 Å². The largest absolute Gasteiger partial charge is 0.330 e. The maximum absolute atomic E-state index is 2.38. The predicted molar refractivity (Wildman–Crippen MR) is 83.3 cm³/mol. The Kier molecular flexibility index (Phi) is 2.49. The minimum absolute atomic E-state index is 0.998. The number of thioether (sulfide) groups is 1. The normalized spacial score (nSPS) is 13.8. The molecule has 1 nitrogen and oxygen atoms in total. The molecule has 0 amide bonds. The molecule has 3 aromatic carbocycles. The highest BCUT2D eigenvalue weighted by molar-refractivity contribution is 7.99. The first-order valence-corrected chi connectivity index (χ1v) is 7.38. The molecule has 1 aliphatic heterocycles. The average Bonchev–Trinajstić information content (AvgIpc) is 2.91. The third-order valence-electron chi connectivity index (χ3n) is 3.55. The second kappa shape index (κ2) is 4.32. The SMILES string of the molecule is c1ccc2c(c1)SCN2c1ccc2ccccc2c1. The van der Waals surface area contributed by atoms with E-state index >= 15 is 0 Å². The molecule has 2 heteroatoms. The molecule has 0 atom stereocenters. The maximum Gasteiger partial charge on any atom is 0.0735 e. The van der Waals surface area contributed by atoms with Crippen molar-refractivity contribution < 1.29 is 0 Å². The fourth-order valence-corrected chi connectivity index (χ4v) is 3.62. The lowest BCUT2D eigenvalue weighted by Crippen LogP contribution is -2.11. The first-order chi connectivity index (χ1) is 9.42. The van der Waals surface area contributed by atoms with E-state index in [2.05, 4.69) is 71.6 Å². The summed E-state index contributed by atoms with van der Waals surface area (Å²) < 4.78 is 0. The van der Waals surface area contributed by atoms with Gasteiger partial charge in [-0.15, -0.1) is 11.8 Å². The smallest absolute Gasteiger partial charge is 0.0735 e. The van der Waals surface area contributed by atoms with E-state index in [9.17, 15) is 0 Å². The van der Waals surface area contributed by atoms with Crippen LogP contribution in [0.3, 0.4) is 0 Å². The number of fused-ring (bicyclic) bond motifs is 2. The standard InChI is InChI=1S/C17H13NS/c1-2-6-14-11-15(10-9-13(14)5-1)18-12-19-17-8-4-3-7-16(17)18/h1-11H,12H2. The van der Waals surface area contributed by atoms with Crippen LogP contribution in [0.25, 0.3) is 10.8 Å². The minimum atomic E-state index is 0.998. The molecule has 1 aliphatic rings. The lowest BCUT2D eigenvalue weighted by atomic mass is 10.1. The summed E-state index contributed by atoms with van der Waals surface area (Å²) in [4.78, 5) is 3.75. The van der Waals surface area contributed by atoms with Gasteiger partial charge in [-0.05, 0) is 35.0 Å². The topological polar surface area (TPSA) is 3.24 Å². The number of benzene rings is 3. The highest BCUT2D eigenvalue weighted by atomic mass is 32.2. The van der Waals surface area contributed by atoms with Crippen molar-refractivity contribution in [3.63, 3.8) is 0 Å². The number of nitrogens with zero attached hydrogens (tertiary/aromatic N) is 1. The van der Waals surface area contributed by atoms with Crippen molar-refractivity contribution in [3.05, 3.63) is 66.7 Å². The zero-order chi connectivity index (χ0) is 12.7. The third kappa shape index (κ3) is 1.80. The van der Waals surface area contributed by atoms with E-state index in [4.69, 9.17) is 0 Å². The van der Waals surface area contributed by atoms with Crippen LogP contribution in [0.4, 0.5) is 11.4 Å². The zero-order valence-electron chi connectivity index (χ0n) is 10.4. The molecule has 0 aromatic heterocycles. The predicted octanol–water partition coefficient (Wildman–Crippen LogP) is 5.04. The molecule has 1 heterocycles. The number of hydrogen-bond acceptors (Lipinski definition) is 2. The van der Waals surface area contributed by atoms with E-state index in [-0.39, 0.29) is 0 Å². The van der Waals surface area contributed by atoms with E-state index in [1.54, 1.807) is 0 Å². The number of anilines is 2. The summed E-state index contributed by atoms with van der Waals surface area (Å²) in [6.07, 6.45) is 0. The van der Waals surface area contributed by atoms with Crippen LogP contribution < -0.4 is 4.90 Å². The highest BCUT2D eigenvalue weighted by Gasteiger charge is 2.20. The Labute approximate surface area is 116 Å². The van der Waals surface area contributed by atoms with Crippen molar-refractivity contribution in [1.29, 1.82) is 0 Å². The monoisotopic (exact) mass is 263 g/mol. The van der Waals surface area contributed by atoms with Gasteiger partial charge in [0.25, 0.3) is 0 Å². The van der Waals surface area contributed by atoms with Gasteiger partial charge in [-0.25, -0.2) is 0 Å². The highest BCUT2D eigenvalue weighted by Crippen LogP contribution is 2.42. The van der Waals surface area contributed by atoms with Crippen LogP contribution in [0, 0.1) is 0 Å². The molecule has 0 spiro atoms. The molecule has 0 saturated carbocycles. The van der Waals surface area contributed by atoms with Gasteiger partial charge in [0.05, 0.1) is 11.6 Å². The van der Waals surface area contributed by atoms with Crippen LogP contribution in [0.5, 0.6) is 0 Å². The molecule has 3 aromatic rings. The summed E-state index contributed by atoms with van der Waals surface area (Å²) in [6.45, 7) is 0. The van der Waals surface area contributed by atoms with Crippen molar-refractivity contribution in [1.82, 2.24) is 0 Å². The first kappa shape index (κ1) is 10.9. The van der Waals surface area contributed by atoms with E-state index in [0.29, 0.717) is 0 Å². The van der Waals surface area contributed by atoms with Gasteiger partial charge in [-0.2, -0.15) is 0 Å². The fraction of sp³-hybridized carbons (Fsp3) is 0.0588. The van der Waals surface area contributed by atoms with Crippen molar-refractivity contribution in [3.8, 4) is 0 Å². The van der Waals surface area contributed by atoms with Crippen LogP contribution >= 0.6 is 11.8 Å². The van der Waals surface area contributed by atoms with Crippen LogP contribution in [-0.2, 0) is 0 Å². The number of para-hydroxylation sites is 1. The molecule has 0 radical (unpaired) electrons. The Morgan fingerprint density at radius 1 is 0.789 bits per heavy atom. The number of hydrogen-bond donors (Lipinski definition) is 0. The molecule has 0 bridgehead atoms. The maximum atomic E-state index is 2.38. The molecule has 0 saturated heterocycles. The summed E-state index contributed by atoms with van der Waals surface area (Å²) in [5, 5.41) is 2.60.